The minimum absolute atomic E-state index is 0.0704. The van der Waals surface area contributed by atoms with Gasteiger partial charge in [0.15, 0.2) is 0 Å². The van der Waals surface area contributed by atoms with Gasteiger partial charge in [0.1, 0.15) is 5.75 Å². The van der Waals surface area contributed by atoms with E-state index < -0.39 is 19.3 Å². The Morgan fingerprint density at radius 1 is 0.889 bits per heavy atom. The monoisotopic (exact) mass is 507 g/mol. The molecule has 1 aliphatic heterocycles. The van der Waals surface area contributed by atoms with Gasteiger partial charge in [0.2, 0.25) is 5.60 Å². The molecule has 0 radical (unpaired) electrons. The van der Waals surface area contributed by atoms with Gasteiger partial charge in [-0.1, -0.05) is 67.2 Å². The number of ether oxygens (including phenoxy) is 1. The van der Waals surface area contributed by atoms with Gasteiger partial charge in [-0.05, 0) is 43.2 Å². The van der Waals surface area contributed by atoms with Crippen LogP contribution < -0.4 is 9.64 Å². The third-order valence-electron chi connectivity index (χ3n) is 5.99. The number of nitrogens with zero attached hydrogens (tertiary/aromatic N) is 1. The van der Waals surface area contributed by atoms with E-state index >= 15 is 0 Å². The highest BCUT2D eigenvalue weighted by molar-refractivity contribution is 7.48. The van der Waals surface area contributed by atoms with Crippen LogP contribution in [-0.2, 0) is 35.1 Å². The molecule has 1 atom stereocenters. The normalized spacial score (nSPS) is 17.7. The number of para-hydroxylation sites is 1. The molecule has 36 heavy (non-hydrogen) atoms. The van der Waals surface area contributed by atoms with Gasteiger partial charge in [-0.2, -0.15) is 0 Å². The fourth-order valence-corrected chi connectivity index (χ4v) is 5.79. The molecule has 4 rings (SSSR count). The predicted octanol–water partition coefficient (Wildman–Crippen LogP) is 6.35. The Kier molecular flexibility index (Phi) is 7.76. The van der Waals surface area contributed by atoms with E-state index in [0.29, 0.717) is 28.1 Å². The summed E-state index contributed by atoms with van der Waals surface area (Å²) in [5.74, 6) is 0.155. The second-order valence-electron chi connectivity index (χ2n) is 8.16. The van der Waals surface area contributed by atoms with Crippen molar-refractivity contribution in [1.82, 2.24) is 0 Å². The topological polar surface area (TPSA) is 74.3 Å². The van der Waals surface area contributed by atoms with Crippen LogP contribution in [0.4, 0.5) is 5.69 Å². The van der Waals surface area contributed by atoms with Crippen molar-refractivity contribution in [2.75, 3.05) is 25.2 Å². The molecule has 0 bridgehead atoms. The number of anilines is 1. The first kappa shape index (κ1) is 25.9. The zero-order valence-corrected chi connectivity index (χ0v) is 21.6. The van der Waals surface area contributed by atoms with Crippen LogP contribution in [0.25, 0.3) is 5.57 Å². The number of amides is 1. The lowest BCUT2D eigenvalue weighted by Crippen LogP contribution is -2.52. The highest BCUT2D eigenvalue weighted by Crippen LogP contribution is 2.60. The molecule has 1 heterocycles. The quantitative estimate of drug-likeness (QED) is 0.298. The molecular weight excluding hydrogens is 477 g/mol. The first-order valence-corrected chi connectivity index (χ1v) is 13.2. The van der Waals surface area contributed by atoms with Crippen molar-refractivity contribution in [3.63, 3.8) is 0 Å². The van der Waals surface area contributed by atoms with Gasteiger partial charge in [-0.25, -0.2) is 4.57 Å². The summed E-state index contributed by atoms with van der Waals surface area (Å²) in [5.41, 5.74) is 1.22. The molecule has 0 fully saturated rings. The summed E-state index contributed by atoms with van der Waals surface area (Å²) in [6.45, 7) is 8.07. The molecule has 0 saturated carbocycles. The number of fused-ring (bicyclic) bond motifs is 1. The SMILES string of the molecule is C=C1c2ccccc2N(Cc2ccccc2)C(=O)C1(OP(=O)(OCC)OCC)c1ccc(OC)cc1. The number of methoxy groups -OCH3 is 1. The predicted molar refractivity (Wildman–Crippen MR) is 140 cm³/mol. The molecule has 0 saturated heterocycles. The Hall–Kier alpha value is -3.22. The fourth-order valence-electron chi connectivity index (χ4n) is 4.35. The van der Waals surface area contributed by atoms with Crippen LogP contribution in [-0.4, -0.2) is 26.2 Å². The Morgan fingerprint density at radius 2 is 1.50 bits per heavy atom. The zero-order valence-electron chi connectivity index (χ0n) is 20.7. The molecule has 0 spiro atoms. The highest BCUT2D eigenvalue weighted by atomic mass is 31.2. The third kappa shape index (κ3) is 4.75. The fraction of sp³-hybridized carbons (Fsp3) is 0.250. The highest BCUT2D eigenvalue weighted by Gasteiger charge is 2.56. The lowest BCUT2D eigenvalue weighted by atomic mass is 9.78. The van der Waals surface area contributed by atoms with Crippen LogP contribution >= 0.6 is 7.82 Å². The summed E-state index contributed by atoms with van der Waals surface area (Å²) >= 11 is 0. The summed E-state index contributed by atoms with van der Waals surface area (Å²) in [5, 5.41) is 0. The van der Waals surface area contributed by atoms with Crippen molar-refractivity contribution in [2.24, 2.45) is 0 Å². The van der Waals surface area contributed by atoms with E-state index in [1.807, 2.05) is 54.6 Å². The molecule has 1 unspecified atom stereocenters. The van der Waals surface area contributed by atoms with Crippen LogP contribution in [0.1, 0.15) is 30.5 Å². The Morgan fingerprint density at radius 3 is 2.11 bits per heavy atom. The molecule has 0 N–H and O–H groups in total. The summed E-state index contributed by atoms with van der Waals surface area (Å²) in [6.07, 6.45) is 0. The minimum Gasteiger partial charge on any atom is -0.497 e. The molecule has 3 aromatic rings. The van der Waals surface area contributed by atoms with Crippen LogP contribution in [0.3, 0.4) is 0 Å². The molecule has 7 nitrogen and oxygen atoms in total. The van der Waals surface area contributed by atoms with E-state index in [2.05, 4.69) is 6.58 Å². The average Bonchev–Trinajstić information content (AvgIpc) is 2.90. The van der Waals surface area contributed by atoms with E-state index in [4.69, 9.17) is 18.3 Å². The number of phosphoric acid groups is 1. The Balaban J connectivity index is 1.95. The van der Waals surface area contributed by atoms with Crippen LogP contribution in [0, 0.1) is 0 Å². The van der Waals surface area contributed by atoms with Crippen molar-refractivity contribution < 1.29 is 27.7 Å². The van der Waals surface area contributed by atoms with Gasteiger partial charge < -0.3 is 9.64 Å². The van der Waals surface area contributed by atoms with Crippen molar-refractivity contribution in [3.05, 3.63) is 102 Å². The number of carbonyl (C=O) groups is 1. The number of carbonyl (C=O) groups excluding carboxylic acids is 1. The van der Waals surface area contributed by atoms with Crippen molar-refractivity contribution in [2.45, 2.75) is 26.0 Å². The molecule has 0 aliphatic carbocycles. The second kappa shape index (κ2) is 10.8. The summed E-state index contributed by atoms with van der Waals surface area (Å²) in [4.78, 5) is 16.2. The third-order valence-corrected chi connectivity index (χ3v) is 7.64. The molecule has 1 aliphatic rings. The Bertz CT molecular complexity index is 1270. The average molecular weight is 508 g/mol. The molecule has 0 aromatic heterocycles. The second-order valence-corrected chi connectivity index (χ2v) is 9.75. The molecular formula is C28H30NO6P. The lowest BCUT2D eigenvalue weighted by molar-refractivity contribution is -0.132. The Labute approximate surface area is 211 Å². The van der Waals surface area contributed by atoms with Gasteiger partial charge >= 0.3 is 7.82 Å². The largest absolute Gasteiger partial charge is 0.497 e. The van der Waals surface area contributed by atoms with E-state index in [9.17, 15) is 9.36 Å². The minimum atomic E-state index is -4.17. The van der Waals surface area contributed by atoms with Crippen molar-refractivity contribution in [1.29, 1.82) is 0 Å². The van der Waals surface area contributed by atoms with Crippen LogP contribution in [0.5, 0.6) is 5.75 Å². The maximum absolute atomic E-state index is 14.5. The standard InChI is InChI=1S/C28H30NO6P/c1-5-33-36(31,34-6-2)35-28(23-16-18-24(32-4)19-17-23)21(3)25-14-10-11-15-26(25)29(27(28)30)20-22-12-8-7-9-13-22/h7-19H,3,5-6,20H2,1-2,4H3. The molecule has 1 amide bonds. The van der Waals surface area contributed by atoms with Crippen molar-refractivity contribution in [3.8, 4) is 5.75 Å². The zero-order chi connectivity index (χ0) is 25.8. The summed E-state index contributed by atoms with van der Waals surface area (Å²) < 4.78 is 36.3. The van der Waals surface area contributed by atoms with Gasteiger partial charge in [-0.15, -0.1) is 0 Å². The number of rotatable bonds is 10. The summed E-state index contributed by atoms with van der Waals surface area (Å²) in [7, 11) is -2.61. The number of hydrogen-bond donors (Lipinski definition) is 0. The van der Waals surface area contributed by atoms with Gasteiger partial charge in [0.05, 0.1) is 32.6 Å². The molecule has 188 valence electrons. The molecule has 8 heteroatoms. The first-order valence-electron chi connectivity index (χ1n) is 11.8. The number of phosphoric ester groups is 1. The maximum atomic E-state index is 14.5. The van der Waals surface area contributed by atoms with Gasteiger partial charge in [0.25, 0.3) is 5.91 Å². The molecule has 3 aromatic carbocycles. The smallest absolute Gasteiger partial charge is 0.476 e. The van der Waals surface area contributed by atoms with E-state index in [-0.39, 0.29) is 19.8 Å². The number of hydrogen-bond acceptors (Lipinski definition) is 6. The van der Waals surface area contributed by atoms with E-state index in [1.165, 1.54) is 0 Å². The van der Waals surface area contributed by atoms with Crippen molar-refractivity contribution >= 4 is 25.0 Å². The van der Waals surface area contributed by atoms with Gasteiger partial charge in [-0.3, -0.25) is 18.4 Å². The van der Waals surface area contributed by atoms with Crippen LogP contribution in [0.2, 0.25) is 0 Å². The van der Waals surface area contributed by atoms with Gasteiger partial charge in [0, 0.05) is 11.1 Å². The van der Waals surface area contributed by atoms with E-state index in [1.54, 1.807) is 50.1 Å². The number of benzene rings is 3. The maximum Gasteiger partial charge on any atom is 0.476 e. The van der Waals surface area contributed by atoms with Crippen LogP contribution in [0.15, 0.2) is 85.4 Å². The first-order chi connectivity index (χ1) is 17.4. The van der Waals surface area contributed by atoms with E-state index in [0.717, 1.165) is 5.56 Å². The summed E-state index contributed by atoms with van der Waals surface area (Å²) in [6, 6.07) is 24.0. The lowest BCUT2D eigenvalue weighted by Gasteiger charge is -2.44.